The van der Waals surface area contributed by atoms with Crippen molar-refractivity contribution in [2.45, 2.75) is 6.54 Å². The normalized spacial score (nSPS) is 10.3. The number of hydrogen-bond acceptors (Lipinski definition) is 4. The van der Waals surface area contributed by atoms with Crippen LogP contribution in [0.2, 0.25) is 5.02 Å². The number of aromatic nitrogens is 1. The SMILES string of the molecule is O=C(NCc1ccco1)c1cncc(Nc2ccc(Cl)cc2)c1. The Labute approximate surface area is 138 Å². The van der Waals surface area contributed by atoms with Crippen LogP contribution < -0.4 is 10.6 Å². The van der Waals surface area contributed by atoms with Gasteiger partial charge < -0.3 is 15.1 Å². The van der Waals surface area contributed by atoms with Gasteiger partial charge in [-0.3, -0.25) is 9.78 Å². The van der Waals surface area contributed by atoms with Gasteiger partial charge in [0.25, 0.3) is 5.91 Å². The Kier molecular flexibility index (Phi) is 4.59. The number of benzene rings is 1. The van der Waals surface area contributed by atoms with E-state index in [4.69, 9.17) is 16.0 Å². The van der Waals surface area contributed by atoms with Crippen molar-refractivity contribution < 1.29 is 9.21 Å². The van der Waals surface area contributed by atoms with E-state index in [9.17, 15) is 4.79 Å². The molecule has 3 aromatic rings. The van der Waals surface area contributed by atoms with Crippen LogP contribution in [0.3, 0.4) is 0 Å². The van der Waals surface area contributed by atoms with Crippen LogP contribution in [0.1, 0.15) is 16.1 Å². The van der Waals surface area contributed by atoms with E-state index in [1.807, 2.05) is 12.1 Å². The summed E-state index contributed by atoms with van der Waals surface area (Å²) in [6, 6.07) is 12.6. The standard InChI is InChI=1S/C17H14ClN3O2/c18-13-3-5-14(6-4-13)21-15-8-12(9-19-10-15)17(22)20-11-16-2-1-7-23-16/h1-10,21H,11H2,(H,20,22). The zero-order chi connectivity index (χ0) is 16.1. The molecule has 0 bridgehead atoms. The molecule has 0 aliphatic heterocycles. The van der Waals surface area contributed by atoms with Crippen LogP contribution in [0.5, 0.6) is 0 Å². The van der Waals surface area contributed by atoms with Crippen molar-refractivity contribution in [1.82, 2.24) is 10.3 Å². The van der Waals surface area contributed by atoms with Gasteiger partial charge in [0.1, 0.15) is 5.76 Å². The van der Waals surface area contributed by atoms with Gasteiger partial charge in [0, 0.05) is 16.9 Å². The van der Waals surface area contributed by atoms with Gasteiger partial charge >= 0.3 is 0 Å². The second kappa shape index (κ2) is 6.98. The molecule has 5 nitrogen and oxygen atoms in total. The lowest BCUT2D eigenvalue weighted by Gasteiger charge is -2.08. The number of anilines is 2. The summed E-state index contributed by atoms with van der Waals surface area (Å²) in [4.78, 5) is 16.2. The van der Waals surface area contributed by atoms with E-state index in [2.05, 4.69) is 15.6 Å². The number of hydrogen-bond donors (Lipinski definition) is 2. The van der Waals surface area contributed by atoms with Gasteiger partial charge in [-0.1, -0.05) is 11.6 Å². The number of pyridine rings is 1. The summed E-state index contributed by atoms with van der Waals surface area (Å²) in [6.45, 7) is 0.334. The number of carbonyl (C=O) groups excluding carboxylic acids is 1. The van der Waals surface area contributed by atoms with Gasteiger partial charge in [0.15, 0.2) is 0 Å². The molecule has 0 spiro atoms. The summed E-state index contributed by atoms with van der Waals surface area (Å²) in [5.74, 6) is 0.482. The van der Waals surface area contributed by atoms with Crippen LogP contribution in [-0.4, -0.2) is 10.9 Å². The lowest BCUT2D eigenvalue weighted by molar-refractivity contribution is 0.0947. The van der Waals surface area contributed by atoms with Crippen LogP contribution in [0.25, 0.3) is 0 Å². The highest BCUT2D eigenvalue weighted by Crippen LogP contribution is 2.19. The molecular formula is C17H14ClN3O2. The molecule has 0 fully saturated rings. The van der Waals surface area contributed by atoms with E-state index >= 15 is 0 Å². The summed E-state index contributed by atoms with van der Waals surface area (Å²) in [6.07, 6.45) is 4.74. The van der Waals surface area contributed by atoms with Gasteiger partial charge in [0.05, 0.1) is 30.3 Å². The summed E-state index contributed by atoms with van der Waals surface area (Å²) >= 11 is 5.86. The second-order valence-electron chi connectivity index (χ2n) is 4.86. The Morgan fingerprint density at radius 3 is 2.70 bits per heavy atom. The average molecular weight is 328 g/mol. The Morgan fingerprint density at radius 1 is 1.13 bits per heavy atom. The number of rotatable bonds is 5. The molecule has 0 unspecified atom stereocenters. The zero-order valence-electron chi connectivity index (χ0n) is 12.1. The summed E-state index contributed by atoms with van der Waals surface area (Å²) < 4.78 is 5.18. The largest absolute Gasteiger partial charge is 0.467 e. The molecule has 1 aromatic carbocycles. The fourth-order valence-corrected chi connectivity index (χ4v) is 2.14. The van der Waals surface area contributed by atoms with E-state index in [0.29, 0.717) is 22.9 Å². The van der Waals surface area contributed by atoms with Crippen LogP contribution in [0.15, 0.2) is 65.5 Å². The van der Waals surface area contributed by atoms with E-state index in [1.54, 1.807) is 42.8 Å². The highest BCUT2D eigenvalue weighted by Gasteiger charge is 2.08. The maximum absolute atomic E-state index is 12.2. The van der Waals surface area contributed by atoms with E-state index < -0.39 is 0 Å². The van der Waals surface area contributed by atoms with Crippen molar-refractivity contribution in [3.63, 3.8) is 0 Å². The van der Waals surface area contributed by atoms with Crippen LogP contribution >= 0.6 is 11.6 Å². The van der Waals surface area contributed by atoms with Gasteiger partial charge in [-0.15, -0.1) is 0 Å². The van der Waals surface area contributed by atoms with Gasteiger partial charge in [-0.25, -0.2) is 0 Å². The number of halogens is 1. The highest BCUT2D eigenvalue weighted by molar-refractivity contribution is 6.30. The fourth-order valence-electron chi connectivity index (χ4n) is 2.01. The van der Waals surface area contributed by atoms with Crippen molar-refractivity contribution in [2.75, 3.05) is 5.32 Å². The summed E-state index contributed by atoms with van der Waals surface area (Å²) in [5.41, 5.74) is 2.05. The van der Waals surface area contributed by atoms with Gasteiger partial charge in [-0.05, 0) is 42.5 Å². The average Bonchev–Trinajstić information content (AvgIpc) is 3.08. The van der Waals surface area contributed by atoms with Gasteiger partial charge in [0.2, 0.25) is 0 Å². The summed E-state index contributed by atoms with van der Waals surface area (Å²) in [5, 5.41) is 6.62. The number of furan rings is 1. The Balaban J connectivity index is 1.66. The second-order valence-corrected chi connectivity index (χ2v) is 5.29. The Morgan fingerprint density at radius 2 is 1.96 bits per heavy atom. The van der Waals surface area contributed by atoms with Crippen molar-refractivity contribution in [1.29, 1.82) is 0 Å². The van der Waals surface area contributed by atoms with Crippen molar-refractivity contribution in [3.8, 4) is 0 Å². The predicted octanol–water partition coefficient (Wildman–Crippen LogP) is 4.00. The predicted molar refractivity (Wildman–Crippen MR) is 88.8 cm³/mol. The molecule has 6 heteroatoms. The first-order valence-corrected chi connectivity index (χ1v) is 7.37. The third-order valence-electron chi connectivity index (χ3n) is 3.14. The third kappa shape index (κ3) is 4.11. The topological polar surface area (TPSA) is 67.2 Å². The number of nitrogens with zero attached hydrogens (tertiary/aromatic N) is 1. The molecule has 0 aliphatic carbocycles. The smallest absolute Gasteiger partial charge is 0.253 e. The lowest BCUT2D eigenvalue weighted by Crippen LogP contribution is -2.22. The first-order chi connectivity index (χ1) is 11.2. The molecule has 0 aliphatic rings. The number of nitrogens with one attached hydrogen (secondary N) is 2. The maximum Gasteiger partial charge on any atom is 0.253 e. The molecular weight excluding hydrogens is 314 g/mol. The van der Waals surface area contributed by atoms with E-state index in [0.717, 1.165) is 11.4 Å². The molecule has 3 rings (SSSR count). The van der Waals surface area contributed by atoms with Crippen molar-refractivity contribution >= 4 is 28.9 Å². The minimum atomic E-state index is -0.214. The molecule has 116 valence electrons. The molecule has 1 amide bonds. The first kappa shape index (κ1) is 15.1. The van der Waals surface area contributed by atoms with Gasteiger partial charge in [-0.2, -0.15) is 0 Å². The molecule has 0 saturated heterocycles. The Bertz CT molecular complexity index is 786. The third-order valence-corrected chi connectivity index (χ3v) is 3.39. The molecule has 23 heavy (non-hydrogen) atoms. The molecule has 2 N–H and O–H groups in total. The quantitative estimate of drug-likeness (QED) is 0.743. The lowest BCUT2D eigenvalue weighted by atomic mass is 10.2. The molecule has 2 aromatic heterocycles. The van der Waals surface area contributed by atoms with Crippen LogP contribution in [0, 0.1) is 0 Å². The molecule has 0 atom stereocenters. The van der Waals surface area contributed by atoms with Crippen LogP contribution in [0.4, 0.5) is 11.4 Å². The van der Waals surface area contributed by atoms with Crippen molar-refractivity contribution in [3.05, 3.63) is 77.5 Å². The molecule has 2 heterocycles. The Hall–Kier alpha value is -2.79. The summed E-state index contributed by atoms with van der Waals surface area (Å²) in [7, 11) is 0. The monoisotopic (exact) mass is 327 g/mol. The van der Waals surface area contributed by atoms with Crippen molar-refractivity contribution in [2.24, 2.45) is 0 Å². The molecule has 0 radical (unpaired) electrons. The minimum Gasteiger partial charge on any atom is -0.467 e. The number of carbonyl (C=O) groups is 1. The minimum absolute atomic E-state index is 0.214. The van der Waals surface area contributed by atoms with E-state index in [-0.39, 0.29) is 5.91 Å². The van der Waals surface area contributed by atoms with Crippen LogP contribution in [-0.2, 0) is 6.54 Å². The fraction of sp³-hybridized carbons (Fsp3) is 0.0588. The first-order valence-electron chi connectivity index (χ1n) is 6.99. The zero-order valence-corrected chi connectivity index (χ0v) is 12.9. The van der Waals surface area contributed by atoms with E-state index in [1.165, 1.54) is 6.20 Å². The number of amides is 1. The highest BCUT2D eigenvalue weighted by atomic mass is 35.5. The maximum atomic E-state index is 12.2. The molecule has 0 saturated carbocycles.